The van der Waals surface area contributed by atoms with Crippen molar-refractivity contribution in [2.45, 2.75) is 58.0 Å². The molecule has 1 saturated carbocycles. The molecule has 118 valence electrons. The van der Waals surface area contributed by atoms with Crippen LogP contribution < -0.4 is 5.32 Å². The van der Waals surface area contributed by atoms with Crippen LogP contribution in [-0.4, -0.2) is 50.6 Å². The van der Waals surface area contributed by atoms with E-state index >= 15 is 0 Å². The monoisotopic (exact) mass is 287 g/mol. The molecule has 1 rings (SSSR count). The molecule has 1 fully saturated rings. The Kier molecular flexibility index (Phi) is 8.11. The quantitative estimate of drug-likeness (QED) is 0.439. The van der Waals surface area contributed by atoms with Gasteiger partial charge in [0.15, 0.2) is 0 Å². The molecule has 0 amide bonds. The summed E-state index contributed by atoms with van der Waals surface area (Å²) in [5.74, 6) is -0.237. The van der Waals surface area contributed by atoms with Gasteiger partial charge in [-0.15, -0.1) is 0 Å². The van der Waals surface area contributed by atoms with Crippen LogP contribution in [0.2, 0.25) is 0 Å². The largest absolute Gasteiger partial charge is 0.465 e. The van der Waals surface area contributed by atoms with E-state index in [0.29, 0.717) is 32.5 Å². The predicted molar refractivity (Wildman–Crippen MR) is 77.7 cm³/mol. The lowest BCUT2D eigenvalue weighted by Gasteiger charge is -2.28. The van der Waals surface area contributed by atoms with Crippen LogP contribution in [0.4, 0.5) is 0 Å². The van der Waals surface area contributed by atoms with E-state index in [2.05, 4.69) is 12.2 Å². The summed E-state index contributed by atoms with van der Waals surface area (Å²) in [5.41, 5.74) is -0.749. The summed E-state index contributed by atoms with van der Waals surface area (Å²) in [5, 5.41) is 3.32. The van der Waals surface area contributed by atoms with Gasteiger partial charge in [0.05, 0.1) is 26.4 Å². The smallest absolute Gasteiger partial charge is 0.328 e. The van der Waals surface area contributed by atoms with E-state index < -0.39 is 5.54 Å². The first-order valence-electron chi connectivity index (χ1n) is 7.72. The number of carbonyl (C=O) groups excluding carboxylic acids is 1. The van der Waals surface area contributed by atoms with Crippen molar-refractivity contribution in [3.8, 4) is 0 Å². The second kappa shape index (κ2) is 9.32. The van der Waals surface area contributed by atoms with Gasteiger partial charge < -0.3 is 14.2 Å². The highest BCUT2D eigenvalue weighted by atomic mass is 16.5. The summed E-state index contributed by atoms with van der Waals surface area (Å²) in [6.07, 6.45) is 4.45. The van der Waals surface area contributed by atoms with Gasteiger partial charge in [-0.1, -0.05) is 13.3 Å². The van der Waals surface area contributed by atoms with Gasteiger partial charge >= 0.3 is 5.97 Å². The van der Waals surface area contributed by atoms with E-state index in [1.54, 1.807) is 0 Å². The SMILES string of the molecule is CCCCOCCOCC(C)(NC1CC1)C(=O)OCC. The second-order valence-corrected chi connectivity index (χ2v) is 5.49. The van der Waals surface area contributed by atoms with Crippen molar-refractivity contribution in [2.24, 2.45) is 0 Å². The molecule has 0 spiro atoms. The molecule has 0 aliphatic heterocycles. The van der Waals surface area contributed by atoms with Gasteiger partial charge in [-0.25, -0.2) is 4.79 Å². The molecule has 5 heteroatoms. The van der Waals surface area contributed by atoms with Crippen LogP contribution in [-0.2, 0) is 19.0 Å². The van der Waals surface area contributed by atoms with Crippen LogP contribution in [0.3, 0.4) is 0 Å². The zero-order chi connectivity index (χ0) is 14.8. The van der Waals surface area contributed by atoms with Gasteiger partial charge in [-0.2, -0.15) is 0 Å². The first-order chi connectivity index (χ1) is 9.62. The number of hydrogen-bond acceptors (Lipinski definition) is 5. The maximum absolute atomic E-state index is 12.0. The van der Waals surface area contributed by atoms with E-state index in [4.69, 9.17) is 14.2 Å². The van der Waals surface area contributed by atoms with E-state index in [0.717, 1.165) is 32.3 Å². The molecule has 1 atom stereocenters. The molecular formula is C15H29NO4. The van der Waals surface area contributed by atoms with Gasteiger partial charge in [-0.05, 0) is 33.1 Å². The van der Waals surface area contributed by atoms with Gasteiger partial charge in [0.25, 0.3) is 0 Å². The van der Waals surface area contributed by atoms with E-state index in [1.807, 2.05) is 13.8 Å². The minimum Gasteiger partial charge on any atom is -0.465 e. The van der Waals surface area contributed by atoms with Crippen molar-refractivity contribution in [2.75, 3.05) is 33.0 Å². The van der Waals surface area contributed by atoms with Gasteiger partial charge in [0, 0.05) is 12.6 Å². The fourth-order valence-electron chi connectivity index (χ4n) is 1.87. The predicted octanol–water partition coefficient (Wildman–Crippen LogP) is 1.89. The Labute approximate surface area is 122 Å². The topological polar surface area (TPSA) is 56.8 Å². The lowest BCUT2D eigenvalue weighted by Crippen LogP contribution is -2.55. The van der Waals surface area contributed by atoms with Crippen LogP contribution >= 0.6 is 0 Å². The summed E-state index contributed by atoms with van der Waals surface area (Å²) < 4.78 is 16.1. The minimum absolute atomic E-state index is 0.237. The zero-order valence-corrected chi connectivity index (χ0v) is 13.1. The molecule has 20 heavy (non-hydrogen) atoms. The Hall–Kier alpha value is -0.650. The number of rotatable bonds is 12. The number of unbranched alkanes of at least 4 members (excludes halogenated alkanes) is 1. The molecule has 1 aliphatic rings. The van der Waals surface area contributed by atoms with Gasteiger partial charge in [0.1, 0.15) is 5.54 Å². The summed E-state index contributed by atoms with van der Waals surface area (Å²) in [6, 6.07) is 0.425. The van der Waals surface area contributed by atoms with Crippen molar-refractivity contribution >= 4 is 5.97 Å². The van der Waals surface area contributed by atoms with E-state index in [-0.39, 0.29) is 5.97 Å². The molecule has 5 nitrogen and oxygen atoms in total. The molecule has 0 aromatic rings. The highest BCUT2D eigenvalue weighted by molar-refractivity contribution is 5.80. The Morgan fingerprint density at radius 2 is 1.90 bits per heavy atom. The summed E-state index contributed by atoms with van der Waals surface area (Å²) >= 11 is 0. The first kappa shape index (κ1) is 17.4. The Morgan fingerprint density at radius 3 is 2.50 bits per heavy atom. The lowest BCUT2D eigenvalue weighted by atomic mass is 10.0. The first-order valence-corrected chi connectivity index (χ1v) is 7.72. The summed E-state index contributed by atoms with van der Waals surface area (Å²) in [4.78, 5) is 12.0. The highest BCUT2D eigenvalue weighted by Gasteiger charge is 2.39. The summed E-state index contributed by atoms with van der Waals surface area (Å²) in [6.45, 7) is 8.36. The number of hydrogen-bond donors (Lipinski definition) is 1. The van der Waals surface area contributed by atoms with Crippen LogP contribution in [0.5, 0.6) is 0 Å². The van der Waals surface area contributed by atoms with E-state index in [1.165, 1.54) is 0 Å². The van der Waals surface area contributed by atoms with Crippen LogP contribution in [0, 0.1) is 0 Å². The molecule has 0 aromatic heterocycles. The number of ether oxygens (including phenoxy) is 3. The fraction of sp³-hybridized carbons (Fsp3) is 0.933. The average molecular weight is 287 g/mol. The number of carbonyl (C=O) groups is 1. The normalized spacial score (nSPS) is 17.8. The van der Waals surface area contributed by atoms with Crippen molar-refractivity contribution in [1.29, 1.82) is 0 Å². The van der Waals surface area contributed by atoms with Gasteiger partial charge in [0.2, 0.25) is 0 Å². The molecule has 1 unspecified atom stereocenters. The molecule has 0 saturated heterocycles. The maximum atomic E-state index is 12.0. The highest BCUT2D eigenvalue weighted by Crippen LogP contribution is 2.23. The van der Waals surface area contributed by atoms with Crippen molar-refractivity contribution in [3.05, 3.63) is 0 Å². The fourth-order valence-corrected chi connectivity index (χ4v) is 1.87. The molecule has 0 bridgehead atoms. The third kappa shape index (κ3) is 6.68. The lowest BCUT2D eigenvalue weighted by molar-refractivity contribution is -0.153. The van der Waals surface area contributed by atoms with Gasteiger partial charge in [-0.3, -0.25) is 5.32 Å². The van der Waals surface area contributed by atoms with Crippen LogP contribution in [0.25, 0.3) is 0 Å². The molecule has 0 heterocycles. The third-order valence-electron chi connectivity index (χ3n) is 3.23. The Morgan fingerprint density at radius 1 is 1.20 bits per heavy atom. The molecule has 0 aromatic carbocycles. The van der Waals surface area contributed by atoms with Crippen LogP contribution in [0.1, 0.15) is 46.5 Å². The average Bonchev–Trinajstić information content (AvgIpc) is 3.22. The molecule has 1 N–H and O–H groups in total. The molecule has 0 radical (unpaired) electrons. The van der Waals surface area contributed by atoms with E-state index in [9.17, 15) is 4.79 Å². The molecule has 1 aliphatic carbocycles. The minimum atomic E-state index is -0.749. The van der Waals surface area contributed by atoms with Crippen molar-refractivity contribution < 1.29 is 19.0 Å². The maximum Gasteiger partial charge on any atom is 0.328 e. The van der Waals surface area contributed by atoms with Crippen molar-refractivity contribution in [3.63, 3.8) is 0 Å². The number of nitrogens with one attached hydrogen (secondary N) is 1. The zero-order valence-electron chi connectivity index (χ0n) is 13.1. The Balaban J connectivity index is 2.23. The summed E-state index contributed by atoms with van der Waals surface area (Å²) in [7, 11) is 0. The second-order valence-electron chi connectivity index (χ2n) is 5.49. The Bertz CT molecular complexity index is 281. The molecular weight excluding hydrogens is 258 g/mol. The number of esters is 1. The third-order valence-corrected chi connectivity index (χ3v) is 3.23. The van der Waals surface area contributed by atoms with Crippen molar-refractivity contribution in [1.82, 2.24) is 5.32 Å². The van der Waals surface area contributed by atoms with Crippen LogP contribution in [0.15, 0.2) is 0 Å². The standard InChI is InChI=1S/C15H29NO4/c1-4-6-9-18-10-11-19-12-15(3,14(17)20-5-2)16-13-7-8-13/h13,16H,4-12H2,1-3H3.